The number of hydrogen-bond acceptors (Lipinski definition) is 9. The van der Waals surface area contributed by atoms with E-state index in [1.54, 1.807) is 43.6 Å². The summed E-state index contributed by atoms with van der Waals surface area (Å²) in [7, 11) is 1.58. The number of hydrogen-bond donors (Lipinski definition) is 4. The van der Waals surface area contributed by atoms with Gasteiger partial charge in [-0.2, -0.15) is 13.2 Å². The van der Waals surface area contributed by atoms with Gasteiger partial charge < -0.3 is 34.9 Å². The normalized spacial score (nSPS) is 14.4. The number of aryl methyl sites for hydroxylation is 1. The van der Waals surface area contributed by atoms with Crippen LogP contribution in [0.25, 0.3) is 11.0 Å². The minimum atomic E-state index is -5.08. The number of nitrogens with zero attached hydrogens (tertiary/aromatic N) is 2. The van der Waals surface area contributed by atoms with Crippen molar-refractivity contribution in [1.29, 1.82) is 0 Å². The van der Waals surface area contributed by atoms with E-state index in [4.69, 9.17) is 19.1 Å². The highest BCUT2D eigenvalue weighted by molar-refractivity contribution is 5.94. The molecule has 0 radical (unpaired) electrons. The smallest absolute Gasteiger partial charge is 0.481 e. The van der Waals surface area contributed by atoms with Crippen LogP contribution in [0.5, 0.6) is 5.88 Å². The molecule has 1 aliphatic rings. The molecule has 5 rings (SSSR count). The largest absolute Gasteiger partial charge is 0.490 e. The van der Waals surface area contributed by atoms with Crippen molar-refractivity contribution < 1.29 is 42.1 Å². The fourth-order valence-electron chi connectivity index (χ4n) is 4.96. The highest BCUT2D eigenvalue weighted by Gasteiger charge is 2.40. The van der Waals surface area contributed by atoms with E-state index in [2.05, 4.69) is 22.5 Å². The summed E-state index contributed by atoms with van der Waals surface area (Å²) in [6.07, 6.45) is -3.35. The summed E-state index contributed by atoms with van der Waals surface area (Å²) in [4.78, 5) is 40.0. The maximum Gasteiger partial charge on any atom is 0.490 e. The van der Waals surface area contributed by atoms with Gasteiger partial charge in [-0.05, 0) is 50.6 Å². The topological polar surface area (TPSA) is 154 Å². The third-order valence-corrected chi connectivity index (χ3v) is 7.01. The zero-order chi connectivity index (χ0) is 33.1. The van der Waals surface area contributed by atoms with Crippen LogP contribution >= 0.6 is 0 Å². The van der Waals surface area contributed by atoms with E-state index in [0.717, 1.165) is 16.8 Å². The first-order chi connectivity index (χ1) is 21.1. The Kier molecular flexibility index (Phi) is 9.26. The summed E-state index contributed by atoms with van der Waals surface area (Å²) >= 11 is 0. The van der Waals surface area contributed by atoms with E-state index in [1.807, 2.05) is 36.9 Å². The molecule has 1 aliphatic heterocycles. The SMILES string of the molecule is COc1ccc(NC2(C)CN(c3cc(=O)c4cc(C)cc(C(C)Nc5ccccc5C(=O)O)c4o3)C2)cn1.O=C(O)C(F)(F)F. The van der Waals surface area contributed by atoms with Gasteiger partial charge in [0.15, 0.2) is 11.3 Å². The van der Waals surface area contributed by atoms with Crippen LogP contribution in [0.1, 0.15) is 41.4 Å². The van der Waals surface area contributed by atoms with Crippen LogP contribution in [0.15, 0.2) is 70.0 Å². The maximum absolute atomic E-state index is 13.2. The lowest BCUT2D eigenvalue weighted by molar-refractivity contribution is -0.192. The lowest BCUT2D eigenvalue weighted by Crippen LogP contribution is -2.64. The molecule has 238 valence electrons. The number of rotatable bonds is 8. The predicted molar refractivity (Wildman–Crippen MR) is 161 cm³/mol. The number of aliphatic carboxylic acids is 1. The number of carboxylic acids is 2. The molecule has 1 unspecified atom stereocenters. The van der Waals surface area contributed by atoms with Gasteiger partial charge in [-0.25, -0.2) is 14.6 Å². The van der Waals surface area contributed by atoms with E-state index in [-0.39, 0.29) is 22.6 Å². The summed E-state index contributed by atoms with van der Waals surface area (Å²) in [5.41, 5.74) is 3.40. The number of pyridine rings is 1. The van der Waals surface area contributed by atoms with Crippen LogP contribution < -0.4 is 25.7 Å². The number of alkyl halides is 3. The Morgan fingerprint density at radius 3 is 2.36 bits per heavy atom. The number of para-hydroxylation sites is 1. The molecule has 2 aromatic heterocycles. The Balaban J connectivity index is 0.000000591. The number of ether oxygens (including phenoxy) is 1. The zero-order valence-electron chi connectivity index (χ0n) is 24.7. The average Bonchev–Trinajstić information content (AvgIpc) is 2.96. The molecule has 0 spiro atoms. The van der Waals surface area contributed by atoms with Crippen LogP contribution in [-0.4, -0.2) is 59.1 Å². The summed E-state index contributed by atoms with van der Waals surface area (Å²) in [5, 5.41) is 24.0. The van der Waals surface area contributed by atoms with E-state index in [1.165, 1.54) is 6.07 Å². The van der Waals surface area contributed by atoms with E-state index in [0.29, 0.717) is 41.5 Å². The standard InChI is InChI=1S/C29H30N4O5.C2HF3O2/c1-17-11-21(18(2)31-23-8-6-5-7-20(23)28(35)36)27-22(12-17)24(34)13-26(38-27)33-15-29(3,16-33)32-19-9-10-25(37-4)30-14-19;3-2(4,5)1(6)7/h5-14,18,31-32H,15-16H2,1-4H3,(H,35,36);(H,6,7). The summed E-state index contributed by atoms with van der Waals surface area (Å²) in [5.74, 6) is -2.72. The quantitative estimate of drug-likeness (QED) is 0.190. The van der Waals surface area contributed by atoms with Crippen molar-refractivity contribution in [1.82, 2.24) is 4.98 Å². The predicted octanol–water partition coefficient (Wildman–Crippen LogP) is 5.70. The van der Waals surface area contributed by atoms with Crippen LogP contribution in [0, 0.1) is 6.92 Å². The monoisotopic (exact) mass is 628 g/mol. The van der Waals surface area contributed by atoms with Crippen molar-refractivity contribution in [3.63, 3.8) is 0 Å². The maximum atomic E-state index is 13.2. The van der Waals surface area contributed by atoms with Crippen molar-refractivity contribution in [2.75, 3.05) is 35.7 Å². The fourth-order valence-corrected chi connectivity index (χ4v) is 4.96. The molecule has 4 N–H and O–H groups in total. The number of aromatic nitrogens is 1. The second-order valence-corrected chi connectivity index (χ2v) is 10.8. The van der Waals surface area contributed by atoms with Crippen molar-refractivity contribution in [3.05, 3.63) is 87.7 Å². The number of carbonyl (C=O) groups is 2. The molecule has 4 aromatic rings. The number of nitrogens with one attached hydrogen (secondary N) is 2. The Morgan fingerprint density at radius 1 is 1.11 bits per heavy atom. The number of anilines is 3. The van der Waals surface area contributed by atoms with E-state index < -0.39 is 18.1 Å². The van der Waals surface area contributed by atoms with Gasteiger partial charge in [0.05, 0.1) is 41.5 Å². The third kappa shape index (κ3) is 7.63. The van der Waals surface area contributed by atoms with Crippen LogP contribution in [0.2, 0.25) is 0 Å². The molecule has 45 heavy (non-hydrogen) atoms. The molecule has 0 bridgehead atoms. The van der Waals surface area contributed by atoms with Crippen molar-refractivity contribution in [2.24, 2.45) is 0 Å². The van der Waals surface area contributed by atoms with Gasteiger partial charge in [0.25, 0.3) is 0 Å². The van der Waals surface area contributed by atoms with E-state index >= 15 is 0 Å². The molecule has 11 nitrogen and oxygen atoms in total. The van der Waals surface area contributed by atoms with Gasteiger partial charge in [-0.3, -0.25) is 4.79 Å². The van der Waals surface area contributed by atoms with Crippen molar-refractivity contribution in [3.8, 4) is 5.88 Å². The number of benzene rings is 2. The second kappa shape index (κ2) is 12.8. The second-order valence-electron chi connectivity index (χ2n) is 10.8. The van der Waals surface area contributed by atoms with Gasteiger partial charge in [-0.15, -0.1) is 0 Å². The Labute approximate surface area is 255 Å². The molecule has 14 heteroatoms. The van der Waals surface area contributed by atoms with Gasteiger partial charge in [0.1, 0.15) is 5.58 Å². The first-order valence-electron chi connectivity index (χ1n) is 13.6. The van der Waals surface area contributed by atoms with Gasteiger partial charge in [0.2, 0.25) is 5.88 Å². The Hall–Kier alpha value is -5.27. The molecule has 0 saturated carbocycles. The van der Waals surface area contributed by atoms with Gasteiger partial charge in [-0.1, -0.05) is 18.2 Å². The lowest BCUT2D eigenvalue weighted by atomic mass is 9.92. The summed E-state index contributed by atoms with van der Waals surface area (Å²) < 4.78 is 43.2. The molecule has 0 aliphatic carbocycles. The summed E-state index contributed by atoms with van der Waals surface area (Å²) in [6, 6.07) is 15.5. The highest BCUT2D eigenvalue weighted by Crippen LogP contribution is 2.34. The van der Waals surface area contributed by atoms with Crippen LogP contribution in [0.4, 0.5) is 30.4 Å². The molecule has 2 aromatic carbocycles. The third-order valence-electron chi connectivity index (χ3n) is 7.01. The van der Waals surface area contributed by atoms with Gasteiger partial charge >= 0.3 is 18.1 Å². The van der Waals surface area contributed by atoms with Crippen LogP contribution in [-0.2, 0) is 4.79 Å². The van der Waals surface area contributed by atoms with Crippen molar-refractivity contribution >= 4 is 40.2 Å². The number of methoxy groups -OCH3 is 1. The Morgan fingerprint density at radius 2 is 1.78 bits per heavy atom. The summed E-state index contributed by atoms with van der Waals surface area (Å²) in [6.45, 7) is 7.22. The molecule has 1 saturated heterocycles. The Bertz CT molecular complexity index is 1770. The molecule has 3 heterocycles. The first-order valence-corrected chi connectivity index (χ1v) is 13.6. The fraction of sp³-hybridized carbons (Fsp3) is 0.290. The lowest BCUT2D eigenvalue weighted by Gasteiger charge is -2.49. The molecule has 0 amide bonds. The van der Waals surface area contributed by atoms with E-state index in [9.17, 15) is 27.9 Å². The number of aromatic carboxylic acids is 1. The minimum Gasteiger partial charge on any atom is -0.481 e. The first kappa shape index (κ1) is 32.6. The highest BCUT2D eigenvalue weighted by atomic mass is 19.4. The molecular weight excluding hydrogens is 597 g/mol. The minimum absolute atomic E-state index is 0.120. The molecule has 1 fully saturated rings. The number of fused-ring (bicyclic) bond motifs is 1. The zero-order valence-corrected chi connectivity index (χ0v) is 24.7. The molecular formula is C31H31F3N4O7. The average molecular weight is 629 g/mol. The number of halogens is 3. The number of carboxylic acid groups (broad SMARTS) is 2. The van der Waals surface area contributed by atoms with Gasteiger partial charge in [0, 0.05) is 36.5 Å². The molecule has 1 atom stereocenters. The van der Waals surface area contributed by atoms with Crippen molar-refractivity contribution in [2.45, 2.75) is 38.5 Å². The van der Waals surface area contributed by atoms with Crippen LogP contribution in [0.3, 0.4) is 0 Å².